The predicted molar refractivity (Wildman–Crippen MR) is 110 cm³/mol. The molecule has 7 heteroatoms. The molecular weight excluding hydrogens is 342 g/mol. The van der Waals surface area contributed by atoms with Crippen molar-refractivity contribution in [1.29, 1.82) is 0 Å². The molecule has 2 aromatic rings. The van der Waals surface area contributed by atoms with Crippen molar-refractivity contribution in [2.24, 2.45) is 5.92 Å². The third kappa shape index (κ3) is 6.60. The first-order valence-corrected chi connectivity index (χ1v) is 9.49. The summed E-state index contributed by atoms with van der Waals surface area (Å²) in [6.45, 7) is 6.88. The molecule has 0 spiro atoms. The van der Waals surface area contributed by atoms with Crippen LogP contribution in [-0.4, -0.2) is 43.8 Å². The number of methoxy groups -OCH3 is 1. The Morgan fingerprint density at radius 1 is 1.15 bits per heavy atom. The molecule has 1 atom stereocenters. The van der Waals surface area contributed by atoms with Crippen LogP contribution >= 0.6 is 0 Å². The van der Waals surface area contributed by atoms with Gasteiger partial charge in [-0.25, -0.2) is 4.98 Å². The molecule has 0 fully saturated rings. The van der Waals surface area contributed by atoms with E-state index >= 15 is 0 Å². The first kappa shape index (κ1) is 20.8. The van der Waals surface area contributed by atoms with Gasteiger partial charge in [-0.15, -0.1) is 0 Å². The fourth-order valence-electron chi connectivity index (χ4n) is 2.76. The Morgan fingerprint density at radius 3 is 2.70 bits per heavy atom. The van der Waals surface area contributed by atoms with Crippen LogP contribution in [0.3, 0.4) is 0 Å². The molecule has 0 saturated carbocycles. The summed E-state index contributed by atoms with van der Waals surface area (Å²) in [7, 11) is 3.47. The van der Waals surface area contributed by atoms with Gasteiger partial charge in [-0.2, -0.15) is 4.98 Å². The zero-order valence-electron chi connectivity index (χ0n) is 16.7. The van der Waals surface area contributed by atoms with E-state index in [1.54, 1.807) is 13.3 Å². The van der Waals surface area contributed by atoms with E-state index in [0.717, 1.165) is 37.4 Å². The van der Waals surface area contributed by atoms with Crippen molar-refractivity contribution in [2.45, 2.75) is 26.7 Å². The predicted octanol–water partition coefficient (Wildman–Crippen LogP) is 3.68. The first-order valence-electron chi connectivity index (χ1n) is 9.49. The van der Waals surface area contributed by atoms with Crippen LogP contribution in [-0.2, 0) is 0 Å². The minimum Gasteiger partial charge on any atom is -0.493 e. The number of aromatic nitrogens is 2. The van der Waals surface area contributed by atoms with Crippen molar-refractivity contribution >= 4 is 17.5 Å². The van der Waals surface area contributed by atoms with Crippen molar-refractivity contribution in [1.82, 2.24) is 15.3 Å². The molecule has 0 aliphatic rings. The maximum atomic E-state index is 6.10. The molecule has 0 amide bonds. The lowest BCUT2D eigenvalue weighted by atomic mass is 10.1. The van der Waals surface area contributed by atoms with Gasteiger partial charge < -0.3 is 25.4 Å². The van der Waals surface area contributed by atoms with Crippen LogP contribution in [0.4, 0.5) is 17.5 Å². The monoisotopic (exact) mass is 373 g/mol. The summed E-state index contributed by atoms with van der Waals surface area (Å²) in [5.41, 5.74) is 0.845. The van der Waals surface area contributed by atoms with Crippen molar-refractivity contribution in [3.63, 3.8) is 0 Å². The summed E-state index contributed by atoms with van der Waals surface area (Å²) in [5.74, 6) is 3.17. The molecule has 3 N–H and O–H groups in total. The zero-order valence-corrected chi connectivity index (χ0v) is 16.7. The van der Waals surface area contributed by atoms with Gasteiger partial charge in [0.25, 0.3) is 0 Å². The van der Waals surface area contributed by atoms with Crippen molar-refractivity contribution in [3.05, 3.63) is 30.5 Å². The van der Waals surface area contributed by atoms with Crippen molar-refractivity contribution in [3.8, 4) is 11.5 Å². The van der Waals surface area contributed by atoms with Crippen LogP contribution in [0.15, 0.2) is 30.5 Å². The molecule has 0 aliphatic heterocycles. The molecular formula is C20H31N5O2. The molecule has 1 aromatic carbocycles. The summed E-state index contributed by atoms with van der Waals surface area (Å²) in [5, 5.41) is 9.62. The van der Waals surface area contributed by atoms with Gasteiger partial charge in [-0.05, 0) is 31.2 Å². The summed E-state index contributed by atoms with van der Waals surface area (Å²) in [4.78, 5) is 8.62. The highest BCUT2D eigenvalue weighted by atomic mass is 16.5. The van der Waals surface area contributed by atoms with Crippen molar-refractivity contribution in [2.75, 3.05) is 44.5 Å². The number of nitrogens with one attached hydrogen (secondary N) is 3. The Bertz CT molecular complexity index is 696. The Kier molecular flexibility index (Phi) is 8.64. The lowest BCUT2D eigenvalue weighted by Gasteiger charge is -2.19. The molecule has 7 nitrogen and oxygen atoms in total. The van der Waals surface area contributed by atoms with E-state index in [9.17, 15) is 0 Å². The average molecular weight is 374 g/mol. The minimum atomic E-state index is 0.465. The first-order chi connectivity index (χ1) is 13.2. The van der Waals surface area contributed by atoms with E-state index < -0.39 is 0 Å². The molecule has 0 aliphatic carbocycles. The van der Waals surface area contributed by atoms with E-state index in [-0.39, 0.29) is 0 Å². The number of hydrogen-bond acceptors (Lipinski definition) is 7. The SMILES string of the molecule is CCCC(CNCC)COc1cc(Nc2nccc(NC)n2)ccc1OC. The number of benzene rings is 1. The van der Waals surface area contributed by atoms with Crippen LogP contribution in [0, 0.1) is 5.92 Å². The van der Waals surface area contributed by atoms with Gasteiger partial charge in [0.2, 0.25) is 5.95 Å². The van der Waals surface area contributed by atoms with Gasteiger partial charge in [0, 0.05) is 37.5 Å². The topological polar surface area (TPSA) is 80.3 Å². The van der Waals surface area contributed by atoms with Crippen LogP contribution in [0.25, 0.3) is 0 Å². The highest BCUT2D eigenvalue weighted by molar-refractivity contribution is 5.60. The average Bonchev–Trinajstić information content (AvgIpc) is 2.70. The highest BCUT2D eigenvalue weighted by Crippen LogP contribution is 2.31. The fourth-order valence-corrected chi connectivity index (χ4v) is 2.76. The summed E-state index contributed by atoms with van der Waals surface area (Å²) >= 11 is 0. The normalized spacial score (nSPS) is 11.7. The van der Waals surface area contributed by atoms with Crippen LogP contribution < -0.4 is 25.4 Å². The van der Waals surface area contributed by atoms with Crippen molar-refractivity contribution < 1.29 is 9.47 Å². The van der Waals surface area contributed by atoms with Crippen LogP contribution in [0.5, 0.6) is 11.5 Å². The smallest absolute Gasteiger partial charge is 0.229 e. The van der Waals surface area contributed by atoms with Gasteiger partial charge in [0.15, 0.2) is 11.5 Å². The van der Waals surface area contributed by atoms with E-state index in [0.29, 0.717) is 30.0 Å². The van der Waals surface area contributed by atoms with E-state index in [2.05, 4.69) is 39.8 Å². The maximum Gasteiger partial charge on any atom is 0.229 e. The van der Waals surface area contributed by atoms with Crippen LogP contribution in [0.1, 0.15) is 26.7 Å². The summed E-state index contributed by atoms with van der Waals surface area (Å²) in [6.07, 6.45) is 3.97. The summed E-state index contributed by atoms with van der Waals surface area (Å²) < 4.78 is 11.6. The van der Waals surface area contributed by atoms with Gasteiger partial charge in [0.05, 0.1) is 13.7 Å². The Hall–Kier alpha value is -2.54. The van der Waals surface area contributed by atoms with E-state index in [1.807, 2.05) is 31.3 Å². The Labute approximate surface area is 161 Å². The van der Waals surface area contributed by atoms with Crippen LogP contribution in [0.2, 0.25) is 0 Å². The highest BCUT2D eigenvalue weighted by Gasteiger charge is 2.12. The molecule has 1 heterocycles. The molecule has 1 aromatic heterocycles. The van der Waals surface area contributed by atoms with E-state index in [4.69, 9.17) is 9.47 Å². The van der Waals surface area contributed by atoms with Gasteiger partial charge in [-0.3, -0.25) is 0 Å². The number of ether oxygens (including phenoxy) is 2. The zero-order chi connectivity index (χ0) is 19.5. The molecule has 148 valence electrons. The number of anilines is 3. The van der Waals surface area contributed by atoms with E-state index in [1.165, 1.54) is 0 Å². The summed E-state index contributed by atoms with van der Waals surface area (Å²) in [6, 6.07) is 7.54. The number of hydrogen-bond donors (Lipinski definition) is 3. The fraction of sp³-hybridized carbons (Fsp3) is 0.500. The quantitative estimate of drug-likeness (QED) is 0.524. The lowest BCUT2D eigenvalue weighted by Crippen LogP contribution is -2.27. The molecule has 27 heavy (non-hydrogen) atoms. The van der Waals surface area contributed by atoms with Gasteiger partial charge >= 0.3 is 0 Å². The second kappa shape index (κ2) is 11.2. The molecule has 0 bridgehead atoms. The second-order valence-corrected chi connectivity index (χ2v) is 6.28. The van der Waals surface area contributed by atoms with Gasteiger partial charge in [0.1, 0.15) is 5.82 Å². The number of rotatable bonds is 12. The Morgan fingerprint density at radius 2 is 2.00 bits per heavy atom. The largest absolute Gasteiger partial charge is 0.493 e. The number of nitrogens with zero attached hydrogens (tertiary/aromatic N) is 2. The van der Waals surface area contributed by atoms with Gasteiger partial charge in [-0.1, -0.05) is 20.3 Å². The molecule has 0 saturated heterocycles. The Balaban J connectivity index is 2.09. The molecule has 2 rings (SSSR count). The maximum absolute atomic E-state index is 6.10. The third-order valence-electron chi connectivity index (χ3n) is 4.19. The minimum absolute atomic E-state index is 0.465. The second-order valence-electron chi connectivity index (χ2n) is 6.28. The third-order valence-corrected chi connectivity index (χ3v) is 4.19. The molecule has 0 radical (unpaired) electrons. The lowest BCUT2D eigenvalue weighted by molar-refractivity contribution is 0.226. The standard InChI is InChI=1S/C20H31N5O2/c1-5-7-15(13-22-6-2)14-27-18-12-16(8-9-17(18)26-4)24-20-23-11-10-19(21-3)25-20/h8-12,15,22H,5-7,13-14H2,1-4H3,(H2,21,23,24,25). The molecule has 1 unspecified atom stereocenters.